The zero-order valence-corrected chi connectivity index (χ0v) is 14.5. The maximum Gasteiger partial charge on any atom is 0.356 e. The largest absolute Gasteiger partial charge is 0.464 e. The van der Waals surface area contributed by atoms with E-state index in [9.17, 15) is 4.79 Å². The number of halogens is 1. The van der Waals surface area contributed by atoms with Gasteiger partial charge in [-0.15, -0.1) is 0 Å². The molecule has 0 saturated carbocycles. The van der Waals surface area contributed by atoms with E-state index in [1.165, 1.54) is 7.11 Å². The Balaban J connectivity index is 1.71. The summed E-state index contributed by atoms with van der Waals surface area (Å²) in [7, 11) is 1.35. The molecule has 0 N–H and O–H groups in total. The second kappa shape index (κ2) is 7.05. The van der Waals surface area contributed by atoms with Crippen molar-refractivity contribution in [2.24, 2.45) is 0 Å². The van der Waals surface area contributed by atoms with Crippen LogP contribution in [0.2, 0.25) is 5.02 Å². The minimum absolute atomic E-state index is 0.292. The first-order valence-corrected chi connectivity index (χ1v) is 8.14. The van der Waals surface area contributed by atoms with Gasteiger partial charge in [-0.05, 0) is 37.3 Å². The molecule has 126 valence electrons. The summed E-state index contributed by atoms with van der Waals surface area (Å²) in [5.74, 6) is 0.132. The molecule has 1 aromatic carbocycles. The van der Waals surface area contributed by atoms with Gasteiger partial charge in [0.1, 0.15) is 0 Å². The molecule has 0 bridgehead atoms. The average Bonchev–Trinajstić information content (AvgIpc) is 2.61. The second-order valence-corrected chi connectivity index (χ2v) is 6.07. The van der Waals surface area contributed by atoms with Crippen LogP contribution in [0.5, 0.6) is 0 Å². The van der Waals surface area contributed by atoms with E-state index in [-0.39, 0.29) is 0 Å². The third kappa shape index (κ3) is 3.59. The SMILES string of the molecule is COC(=O)c1cc(C)nc(N2CCN(c3ccc(Cl)cc3)CC2)n1. The van der Waals surface area contributed by atoms with Crippen molar-refractivity contribution in [1.82, 2.24) is 9.97 Å². The number of nitrogens with zero attached hydrogens (tertiary/aromatic N) is 4. The van der Waals surface area contributed by atoms with Crippen LogP contribution in [-0.4, -0.2) is 49.2 Å². The fraction of sp³-hybridized carbons (Fsp3) is 0.353. The molecule has 1 aliphatic rings. The van der Waals surface area contributed by atoms with Crippen LogP contribution in [0.4, 0.5) is 11.6 Å². The highest BCUT2D eigenvalue weighted by Crippen LogP contribution is 2.21. The topological polar surface area (TPSA) is 58.6 Å². The van der Waals surface area contributed by atoms with Crippen LogP contribution < -0.4 is 9.80 Å². The molecule has 1 fully saturated rings. The van der Waals surface area contributed by atoms with E-state index in [1.54, 1.807) is 6.07 Å². The number of anilines is 2. The first-order valence-electron chi connectivity index (χ1n) is 7.76. The molecule has 6 nitrogen and oxygen atoms in total. The number of carbonyl (C=O) groups excluding carboxylic acids is 1. The molecule has 7 heteroatoms. The molecular formula is C17H19ClN4O2. The van der Waals surface area contributed by atoms with Crippen LogP contribution in [0.15, 0.2) is 30.3 Å². The molecule has 0 spiro atoms. The lowest BCUT2D eigenvalue weighted by Gasteiger charge is -2.36. The number of hydrogen-bond donors (Lipinski definition) is 0. The molecule has 24 heavy (non-hydrogen) atoms. The lowest BCUT2D eigenvalue weighted by molar-refractivity contribution is 0.0593. The normalized spacial score (nSPS) is 14.6. The van der Waals surface area contributed by atoms with Crippen molar-refractivity contribution in [3.8, 4) is 0 Å². The highest BCUT2D eigenvalue weighted by Gasteiger charge is 2.21. The van der Waals surface area contributed by atoms with Crippen LogP contribution >= 0.6 is 11.6 Å². The number of esters is 1. The molecule has 2 heterocycles. The number of hydrogen-bond acceptors (Lipinski definition) is 6. The van der Waals surface area contributed by atoms with Gasteiger partial charge in [0, 0.05) is 42.6 Å². The molecular weight excluding hydrogens is 328 g/mol. The van der Waals surface area contributed by atoms with E-state index in [2.05, 4.69) is 19.8 Å². The van der Waals surface area contributed by atoms with Crippen molar-refractivity contribution in [3.63, 3.8) is 0 Å². The summed E-state index contributed by atoms with van der Waals surface area (Å²) in [6.45, 7) is 5.12. The van der Waals surface area contributed by atoms with Crippen molar-refractivity contribution in [2.75, 3.05) is 43.1 Å². The van der Waals surface area contributed by atoms with Crippen LogP contribution in [-0.2, 0) is 4.74 Å². The molecule has 0 aliphatic carbocycles. The highest BCUT2D eigenvalue weighted by molar-refractivity contribution is 6.30. The highest BCUT2D eigenvalue weighted by atomic mass is 35.5. The van der Waals surface area contributed by atoms with Gasteiger partial charge in [-0.25, -0.2) is 14.8 Å². The fourth-order valence-electron chi connectivity index (χ4n) is 2.72. The van der Waals surface area contributed by atoms with E-state index in [0.717, 1.165) is 42.6 Å². The average molecular weight is 347 g/mol. The van der Waals surface area contributed by atoms with E-state index in [0.29, 0.717) is 11.6 Å². The molecule has 1 aliphatic heterocycles. The standard InChI is InChI=1S/C17H19ClN4O2/c1-12-11-15(16(23)24-2)20-17(19-12)22-9-7-21(8-10-22)14-5-3-13(18)4-6-14/h3-6,11H,7-10H2,1-2H3. The lowest BCUT2D eigenvalue weighted by atomic mass is 10.2. The maximum atomic E-state index is 11.7. The van der Waals surface area contributed by atoms with Crippen LogP contribution in [0.1, 0.15) is 16.2 Å². The van der Waals surface area contributed by atoms with Crippen LogP contribution in [0, 0.1) is 6.92 Å². The van der Waals surface area contributed by atoms with Crippen molar-refractivity contribution < 1.29 is 9.53 Å². The van der Waals surface area contributed by atoms with Gasteiger partial charge in [0.15, 0.2) is 5.69 Å². The van der Waals surface area contributed by atoms with Gasteiger partial charge in [0.2, 0.25) is 5.95 Å². The van der Waals surface area contributed by atoms with Gasteiger partial charge in [-0.1, -0.05) is 11.6 Å². The van der Waals surface area contributed by atoms with E-state index < -0.39 is 5.97 Å². The van der Waals surface area contributed by atoms with Crippen molar-refractivity contribution in [3.05, 3.63) is 46.7 Å². The Kier molecular flexibility index (Phi) is 4.85. The molecule has 2 aromatic rings. The van der Waals surface area contributed by atoms with Crippen molar-refractivity contribution in [2.45, 2.75) is 6.92 Å². The first-order chi connectivity index (χ1) is 11.6. The molecule has 3 rings (SSSR count). The minimum atomic E-state index is -0.443. The molecule has 1 aromatic heterocycles. The number of ether oxygens (including phenoxy) is 1. The van der Waals surface area contributed by atoms with Crippen LogP contribution in [0.3, 0.4) is 0 Å². The minimum Gasteiger partial charge on any atom is -0.464 e. The predicted octanol–water partition coefficient (Wildman–Crippen LogP) is 2.55. The summed E-state index contributed by atoms with van der Waals surface area (Å²) >= 11 is 5.94. The molecule has 0 amide bonds. The van der Waals surface area contributed by atoms with Gasteiger partial charge in [0.25, 0.3) is 0 Å². The molecule has 0 radical (unpaired) electrons. The van der Waals surface area contributed by atoms with Gasteiger partial charge in [0.05, 0.1) is 7.11 Å². The zero-order chi connectivity index (χ0) is 17.1. The maximum absolute atomic E-state index is 11.7. The monoisotopic (exact) mass is 346 g/mol. The number of piperazine rings is 1. The molecule has 0 unspecified atom stereocenters. The number of carbonyl (C=O) groups is 1. The van der Waals surface area contributed by atoms with Crippen molar-refractivity contribution >= 4 is 29.2 Å². The lowest BCUT2D eigenvalue weighted by Crippen LogP contribution is -2.47. The van der Waals surface area contributed by atoms with Gasteiger partial charge >= 0.3 is 5.97 Å². The molecule has 0 atom stereocenters. The Morgan fingerprint density at radius 3 is 2.33 bits per heavy atom. The van der Waals surface area contributed by atoms with Gasteiger partial charge < -0.3 is 14.5 Å². The van der Waals surface area contributed by atoms with E-state index in [1.807, 2.05) is 31.2 Å². The number of methoxy groups -OCH3 is 1. The third-order valence-corrected chi connectivity index (χ3v) is 4.24. The summed E-state index contributed by atoms with van der Waals surface area (Å²) in [6.07, 6.45) is 0. The smallest absolute Gasteiger partial charge is 0.356 e. The molecule has 1 saturated heterocycles. The van der Waals surface area contributed by atoms with Gasteiger partial charge in [-0.2, -0.15) is 0 Å². The second-order valence-electron chi connectivity index (χ2n) is 5.64. The Labute approximate surface area is 146 Å². The summed E-state index contributed by atoms with van der Waals surface area (Å²) in [5, 5.41) is 0.737. The first kappa shape index (κ1) is 16.5. The Bertz CT molecular complexity index is 728. The van der Waals surface area contributed by atoms with Crippen LogP contribution in [0.25, 0.3) is 0 Å². The van der Waals surface area contributed by atoms with E-state index >= 15 is 0 Å². The Hall–Kier alpha value is -2.34. The number of rotatable bonds is 3. The fourth-order valence-corrected chi connectivity index (χ4v) is 2.85. The Morgan fingerprint density at radius 1 is 1.08 bits per heavy atom. The quantitative estimate of drug-likeness (QED) is 0.796. The summed E-state index contributed by atoms with van der Waals surface area (Å²) in [6, 6.07) is 9.48. The number of aromatic nitrogens is 2. The van der Waals surface area contributed by atoms with E-state index in [4.69, 9.17) is 16.3 Å². The predicted molar refractivity (Wildman–Crippen MR) is 94.0 cm³/mol. The van der Waals surface area contributed by atoms with Gasteiger partial charge in [-0.3, -0.25) is 0 Å². The van der Waals surface area contributed by atoms with Crippen molar-refractivity contribution in [1.29, 1.82) is 0 Å². The number of benzene rings is 1. The summed E-state index contributed by atoms with van der Waals surface area (Å²) in [4.78, 5) is 24.9. The number of aryl methyl sites for hydroxylation is 1. The Morgan fingerprint density at radius 2 is 1.71 bits per heavy atom. The third-order valence-electron chi connectivity index (χ3n) is 3.99. The zero-order valence-electron chi connectivity index (χ0n) is 13.7. The summed E-state index contributed by atoms with van der Waals surface area (Å²) in [5.41, 5.74) is 2.19. The summed E-state index contributed by atoms with van der Waals surface area (Å²) < 4.78 is 4.75.